The van der Waals surface area contributed by atoms with Crippen molar-refractivity contribution in [2.24, 2.45) is 12.2 Å². The normalized spacial score (nSPS) is 17.4. The first-order valence-corrected chi connectivity index (χ1v) is 11.9. The van der Waals surface area contributed by atoms with E-state index in [1.807, 2.05) is 43.8 Å². The number of nitrogens with zero attached hydrogens (tertiary/aromatic N) is 3. The number of rotatable bonds is 6. The number of benzene rings is 1. The molecule has 164 valence electrons. The number of Topliss-reactive ketones (excluding diaryl/α,β-unsaturated/α-hetero) is 1. The van der Waals surface area contributed by atoms with Gasteiger partial charge in [-0.3, -0.25) is 9.69 Å². The molecule has 1 aliphatic rings. The summed E-state index contributed by atoms with van der Waals surface area (Å²) in [5.74, 6) is 0.0987. The maximum atomic E-state index is 13.2. The van der Waals surface area contributed by atoms with Crippen LogP contribution in [0.2, 0.25) is 0 Å². The number of nitrogens with two attached hydrogens (primary N) is 1. The summed E-state index contributed by atoms with van der Waals surface area (Å²) in [6.07, 6.45) is 4.18. The van der Waals surface area contributed by atoms with Gasteiger partial charge in [0.05, 0.1) is 17.5 Å². The number of hydrogen-bond acceptors (Lipinski definition) is 4. The Morgan fingerprint density at radius 1 is 1.16 bits per heavy atom. The molecule has 7 nitrogen and oxygen atoms in total. The topological polar surface area (TPSA) is 90.3 Å². The van der Waals surface area contributed by atoms with Crippen molar-refractivity contribution in [3.8, 4) is 5.69 Å². The van der Waals surface area contributed by atoms with Crippen LogP contribution in [0.3, 0.4) is 0 Å². The third-order valence-corrected chi connectivity index (χ3v) is 7.12. The molecule has 4 rings (SSSR count). The molecule has 1 atom stereocenters. The molecule has 0 unspecified atom stereocenters. The van der Waals surface area contributed by atoms with Crippen molar-refractivity contribution >= 4 is 15.8 Å². The molecule has 1 aromatic carbocycles. The number of aromatic nitrogens is 2. The SMILES string of the molecule is Cc1cc(C(=O)CN2CCC[C@@H]2c2cccn2C)c(C)n1-c1ccc(S(N)(=O)=O)cc1. The Hall–Kier alpha value is -2.68. The maximum absolute atomic E-state index is 13.2. The fourth-order valence-electron chi connectivity index (χ4n) is 4.67. The predicted molar refractivity (Wildman–Crippen MR) is 120 cm³/mol. The number of sulfonamides is 1. The molecule has 8 heteroatoms. The Morgan fingerprint density at radius 2 is 1.87 bits per heavy atom. The lowest BCUT2D eigenvalue weighted by Gasteiger charge is -2.24. The van der Waals surface area contributed by atoms with Gasteiger partial charge in [0.2, 0.25) is 10.0 Å². The molecular formula is C23H28N4O3S. The molecule has 2 aromatic heterocycles. The summed E-state index contributed by atoms with van der Waals surface area (Å²) in [6.45, 7) is 5.16. The summed E-state index contributed by atoms with van der Waals surface area (Å²) in [6, 6.07) is 12.7. The standard InChI is InChI=1S/C23H28N4O3S/c1-16-14-20(17(2)27(16)18-8-10-19(11-9-18)31(24,29)30)23(28)15-26-13-5-7-22(26)21-6-4-12-25(21)3/h4,6,8-12,14,22H,5,7,13,15H2,1-3H3,(H2,24,29,30)/t22-/m1/s1. The van der Waals surface area contributed by atoms with Gasteiger partial charge in [-0.15, -0.1) is 0 Å². The monoisotopic (exact) mass is 440 g/mol. The van der Waals surface area contributed by atoms with Crippen molar-refractivity contribution in [3.05, 3.63) is 71.3 Å². The van der Waals surface area contributed by atoms with E-state index < -0.39 is 10.0 Å². The van der Waals surface area contributed by atoms with E-state index in [0.29, 0.717) is 12.1 Å². The average Bonchev–Trinajstić information content (AvgIpc) is 3.40. The molecule has 3 aromatic rings. The van der Waals surface area contributed by atoms with Crippen molar-refractivity contribution in [3.63, 3.8) is 0 Å². The Bertz CT molecular complexity index is 1220. The molecule has 1 fully saturated rings. The van der Waals surface area contributed by atoms with Crippen molar-refractivity contribution in [1.29, 1.82) is 0 Å². The summed E-state index contributed by atoms with van der Waals surface area (Å²) >= 11 is 0. The number of hydrogen-bond donors (Lipinski definition) is 1. The van der Waals surface area contributed by atoms with E-state index in [4.69, 9.17) is 5.14 Å². The zero-order chi connectivity index (χ0) is 22.3. The number of ketones is 1. The second-order valence-corrected chi connectivity index (χ2v) is 9.82. The highest BCUT2D eigenvalue weighted by Crippen LogP contribution is 2.32. The zero-order valence-corrected chi connectivity index (χ0v) is 18.9. The van der Waals surface area contributed by atoms with E-state index in [1.54, 1.807) is 12.1 Å². The number of carbonyl (C=O) groups excluding carboxylic acids is 1. The number of aryl methyl sites for hydroxylation is 2. The maximum Gasteiger partial charge on any atom is 0.238 e. The van der Waals surface area contributed by atoms with E-state index >= 15 is 0 Å². The van der Waals surface area contributed by atoms with E-state index in [2.05, 4.69) is 15.5 Å². The first-order valence-electron chi connectivity index (χ1n) is 10.4. The minimum atomic E-state index is -3.74. The van der Waals surface area contributed by atoms with Crippen LogP contribution >= 0.6 is 0 Å². The highest BCUT2D eigenvalue weighted by Gasteiger charge is 2.30. The smallest absolute Gasteiger partial charge is 0.238 e. The third-order valence-electron chi connectivity index (χ3n) is 6.19. The fraction of sp³-hybridized carbons (Fsp3) is 0.348. The van der Waals surface area contributed by atoms with Crippen molar-refractivity contribution in [2.45, 2.75) is 37.6 Å². The summed E-state index contributed by atoms with van der Waals surface area (Å²) in [4.78, 5) is 15.6. The van der Waals surface area contributed by atoms with Gasteiger partial charge in [0.15, 0.2) is 5.78 Å². The van der Waals surface area contributed by atoms with Crippen LogP contribution in [0.4, 0.5) is 0 Å². The van der Waals surface area contributed by atoms with Crippen LogP contribution in [0.15, 0.2) is 53.6 Å². The molecule has 2 N–H and O–H groups in total. The first-order chi connectivity index (χ1) is 14.7. The molecule has 0 saturated carbocycles. The van der Waals surface area contributed by atoms with Gasteiger partial charge < -0.3 is 9.13 Å². The van der Waals surface area contributed by atoms with Crippen molar-refractivity contribution in [2.75, 3.05) is 13.1 Å². The molecule has 3 heterocycles. The van der Waals surface area contributed by atoms with Crippen molar-refractivity contribution in [1.82, 2.24) is 14.0 Å². The van der Waals surface area contributed by atoms with E-state index in [9.17, 15) is 13.2 Å². The van der Waals surface area contributed by atoms with Crippen LogP contribution in [0.5, 0.6) is 0 Å². The van der Waals surface area contributed by atoms with Crippen LogP contribution in [0.1, 0.15) is 46.3 Å². The lowest BCUT2D eigenvalue weighted by atomic mass is 10.1. The molecule has 1 aliphatic heterocycles. The number of likely N-dealkylation sites (tertiary alicyclic amines) is 1. The predicted octanol–water partition coefficient (Wildman–Crippen LogP) is 3.10. The summed E-state index contributed by atoms with van der Waals surface area (Å²) in [5.41, 5.74) is 4.51. The Kier molecular flexibility index (Phi) is 5.63. The summed E-state index contributed by atoms with van der Waals surface area (Å²) < 4.78 is 27.2. The molecule has 0 amide bonds. The molecule has 0 bridgehead atoms. The first kappa shape index (κ1) is 21.5. The minimum Gasteiger partial charge on any atom is -0.353 e. The summed E-state index contributed by atoms with van der Waals surface area (Å²) in [7, 11) is -1.70. The van der Waals surface area contributed by atoms with Gasteiger partial charge in [0.1, 0.15) is 0 Å². The summed E-state index contributed by atoms with van der Waals surface area (Å²) in [5, 5.41) is 5.20. The van der Waals surface area contributed by atoms with E-state index in [-0.39, 0.29) is 16.7 Å². The van der Waals surface area contributed by atoms with Crippen molar-refractivity contribution < 1.29 is 13.2 Å². The minimum absolute atomic E-state index is 0.0655. The second-order valence-electron chi connectivity index (χ2n) is 8.25. The molecule has 31 heavy (non-hydrogen) atoms. The van der Waals surface area contributed by atoms with Crippen LogP contribution in [-0.2, 0) is 17.1 Å². The molecule has 1 saturated heterocycles. The van der Waals surface area contributed by atoms with Crippen LogP contribution in [-0.4, -0.2) is 41.3 Å². The fourth-order valence-corrected chi connectivity index (χ4v) is 5.18. The Labute approximate surface area is 183 Å². The zero-order valence-electron chi connectivity index (χ0n) is 18.1. The van der Waals surface area contributed by atoms with Gasteiger partial charge in [-0.05, 0) is 75.7 Å². The third kappa shape index (κ3) is 4.11. The molecule has 0 radical (unpaired) electrons. The van der Waals surface area contributed by atoms with Crippen LogP contribution in [0, 0.1) is 13.8 Å². The van der Waals surface area contributed by atoms with Crippen LogP contribution in [0.25, 0.3) is 5.69 Å². The molecule has 0 spiro atoms. The largest absolute Gasteiger partial charge is 0.353 e. The molecule has 0 aliphatic carbocycles. The van der Waals surface area contributed by atoms with Gasteiger partial charge in [0.25, 0.3) is 0 Å². The van der Waals surface area contributed by atoms with E-state index in [1.165, 1.54) is 17.8 Å². The quantitative estimate of drug-likeness (QED) is 0.597. The van der Waals surface area contributed by atoms with E-state index in [0.717, 1.165) is 36.5 Å². The second kappa shape index (κ2) is 8.11. The van der Waals surface area contributed by atoms with Crippen LogP contribution < -0.4 is 5.14 Å². The van der Waals surface area contributed by atoms with Gasteiger partial charge in [-0.2, -0.15) is 0 Å². The van der Waals surface area contributed by atoms with Gasteiger partial charge in [-0.25, -0.2) is 13.6 Å². The van der Waals surface area contributed by atoms with Gasteiger partial charge >= 0.3 is 0 Å². The highest BCUT2D eigenvalue weighted by atomic mass is 32.2. The van der Waals surface area contributed by atoms with Gasteiger partial charge in [-0.1, -0.05) is 0 Å². The lowest BCUT2D eigenvalue weighted by Crippen LogP contribution is -2.30. The van der Waals surface area contributed by atoms with Gasteiger partial charge in [0, 0.05) is 41.6 Å². The average molecular weight is 441 g/mol. The highest BCUT2D eigenvalue weighted by molar-refractivity contribution is 7.89. The Morgan fingerprint density at radius 3 is 2.48 bits per heavy atom. The molecular weight excluding hydrogens is 412 g/mol. The lowest BCUT2D eigenvalue weighted by molar-refractivity contribution is 0.0919. The Balaban J connectivity index is 1.58. The number of carbonyl (C=O) groups is 1. The number of primary sulfonamides is 1.